The third-order valence-corrected chi connectivity index (χ3v) is 3.83. The van der Waals surface area contributed by atoms with Crippen LogP contribution in [0, 0.1) is 6.92 Å². The first-order valence-electron chi connectivity index (χ1n) is 5.49. The van der Waals surface area contributed by atoms with Crippen molar-refractivity contribution in [2.24, 2.45) is 5.84 Å². The van der Waals surface area contributed by atoms with Gasteiger partial charge >= 0.3 is 0 Å². The lowest BCUT2D eigenvalue weighted by Crippen LogP contribution is -2.23. The highest BCUT2D eigenvalue weighted by molar-refractivity contribution is 7.89. The third-order valence-electron chi connectivity index (χ3n) is 2.41. The molecule has 0 amide bonds. The molecule has 0 spiro atoms. The van der Waals surface area contributed by atoms with Crippen molar-refractivity contribution in [1.82, 2.24) is 9.71 Å². The first kappa shape index (κ1) is 13.5. The van der Waals surface area contributed by atoms with Gasteiger partial charge in [-0.3, -0.25) is 5.84 Å². The molecule has 0 bridgehead atoms. The summed E-state index contributed by atoms with van der Waals surface area (Å²) in [6, 6.07) is 6.06. The van der Waals surface area contributed by atoms with E-state index < -0.39 is 10.0 Å². The Hall–Kier alpha value is -1.90. The van der Waals surface area contributed by atoms with Crippen LogP contribution in [0.15, 0.2) is 39.8 Å². The molecule has 7 nitrogen and oxygen atoms in total. The summed E-state index contributed by atoms with van der Waals surface area (Å²) < 4.78 is 31.6. The van der Waals surface area contributed by atoms with Crippen molar-refractivity contribution in [2.45, 2.75) is 18.4 Å². The minimum Gasteiger partial charge on any atom is -0.445 e. The number of hydrogen-bond donors (Lipinski definition) is 3. The van der Waals surface area contributed by atoms with Gasteiger partial charge in [0.05, 0.1) is 17.6 Å². The molecule has 0 aliphatic heterocycles. The number of hydrazine groups is 1. The predicted octanol–water partition coefficient (Wildman–Crippen LogP) is 0.747. The molecular formula is C11H14N4O3S. The summed E-state index contributed by atoms with van der Waals surface area (Å²) in [5, 5.41) is 0. The Morgan fingerprint density at radius 2 is 2.00 bits per heavy atom. The first-order valence-corrected chi connectivity index (χ1v) is 6.97. The molecule has 0 atom stereocenters. The normalized spacial score (nSPS) is 11.5. The van der Waals surface area contributed by atoms with E-state index >= 15 is 0 Å². The molecule has 0 aliphatic carbocycles. The van der Waals surface area contributed by atoms with Gasteiger partial charge in [0.15, 0.2) is 0 Å². The van der Waals surface area contributed by atoms with Crippen LogP contribution in [-0.2, 0) is 16.6 Å². The van der Waals surface area contributed by atoms with Crippen LogP contribution < -0.4 is 16.0 Å². The Morgan fingerprint density at radius 1 is 1.32 bits per heavy atom. The molecule has 1 aromatic heterocycles. The van der Waals surface area contributed by atoms with Crippen LogP contribution >= 0.6 is 0 Å². The van der Waals surface area contributed by atoms with E-state index in [9.17, 15) is 8.42 Å². The number of hydrogen-bond acceptors (Lipinski definition) is 6. The summed E-state index contributed by atoms with van der Waals surface area (Å²) in [5.74, 6) is 6.16. The van der Waals surface area contributed by atoms with Crippen LogP contribution in [0.4, 0.5) is 5.69 Å². The topological polar surface area (TPSA) is 110 Å². The summed E-state index contributed by atoms with van der Waals surface area (Å²) in [6.45, 7) is 1.75. The fourth-order valence-corrected chi connectivity index (χ4v) is 2.43. The quantitative estimate of drug-likeness (QED) is 0.551. The van der Waals surface area contributed by atoms with Gasteiger partial charge in [0.25, 0.3) is 0 Å². The summed E-state index contributed by atoms with van der Waals surface area (Å²) in [6.07, 6.45) is 1.53. The van der Waals surface area contributed by atoms with E-state index in [1.54, 1.807) is 19.1 Å². The van der Waals surface area contributed by atoms with Crippen molar-refractivity contribution in [3.05, 3.63) is 42.1 Å². The summed E-state index contributed by atoms with van der Waals surface area (Å²) >= 11 is 0. The Balaban J connectivity index is 2.09. The summed E-state index contributed by atoms with van der Waals surface area (Å²) in [7, 11) is -3.59. The van der Waals surface area contributed by atoms with Crippen molar-refractivity contribution >= 4 is 15.7 Å². The second-order valence-electron chi connectivity index (χ2n) is 3.86. The number of aryl methyl sites for hydroxylation is 1. The number of sulfonamides is 1. The molecule has 102 valence electrons. The van der Waals surface area contributed by atoms with Gasteiger partial charge in [-0.25, -0.2) is 18.1 Å². The van der Waals surface area contributed by atoms with E-state index in [4.69, 9.17) is 10.3 Å². The zero-order valence-corrected chi connectivity index (χ0v) is 11.1. The van der Waals surface area contributed by atoms with E-state index in [-0.39, 0.29) is 11.4 Å². The van der Waals surface area contributed by atoms with Crippen LogP contribution in [0.3, 0.4) is 0 Å². The van der Waals surface area contributed by atoms with Gasteiger partial charge in [0.2, 0.25) is 15.9 Å². The second kappa shape index (κ2) is 5.39. The molecule has 4 N–H and O–H groups in total. The van der Waals surface area contributed by atoms with Crippen molar-refractivity contribution in [3.8, 4) is 0 Å². The number of anilines is 1. The zero-order valence-electron chi connectivity index (χ0n) is 10.3. The van der Waals surface area contributed by atoms with Crippen LogP contribution in [0.2, 0.25) is 0 Å². The molecule has 0 radical (unpaired) electrons. The number of benzene rings is 1. The lowest BCUT2D eigenvalue weighted by molar-refractivity contribution is 0.463. The first-order chi connectivity index (χ1) is 9.01. The van der Waals surface area contributed by atoms with Gasteiger partial charge in [-0.2, -0.15) is 0 Å². The van der Waals surface area contributed by atoms with Crippen molar-refractivity contribution in [3.63, 3.8) is 0 Å². The van der Waals surface area contributed by atoms with Crippen molar-refractivity contribution in [1.29, 1.82) is 0 Å². The number of nitrogens with one attached hydrogen (secondary N) is 2. The monoisotopic (exact) mass is 282 g/mol. The van der Waals surface area contributed by atoms with E-state index in [0.29, 0.717) is 17.3 Å². The smallest absolute Gasteiger partial charge is 0.241 e. The lowest BCUT2D eigenvalue weighted by atomic mass is 10.3. The van der Waals surface area contributed by atoms with Crippen molar-refractivity contribution < 1.29 is 12.8 Å². The number of nitrogens with zero attached hydrogens (tertiary/aromatic N) is 1. The maximum Gasteiger partial charge on any atom is 0.241 e. The van der Waals surface area contributed by atoms with Crippen LogP contribution in [0.1, 0.15) is 11.7 Å². The third kappa shape index (κ3) is 3.31. The Bertz CT molecular complexity index is 649. The minimum absolute atomic E-state index is 0.00701. The molecular weight excluding hydrogens is 268 g/mol. The molecule has 0 unspecified atom stereocenters. The maximum atomic E-state index is 12.0. The van der Waals surface area contributed by atoms with E-state index in [2.05, 4.69) is 15.1 Å². The molecule has 1 aromatic carbocycles. The highest BCUT2D eigenvalue weighted by atomic mass is 32.2. The van der Waals surface area contributed by atoms with Crippen molar-refractivity contribution in [2.75, 3.05) is 5.43 Å². The van der Waals surface area contributed by atoms with Gasteiger partial charge in [-0.05, 0) is 31.2 Å². The highest BCUT2D eigenvalue weighted by Crippen LogP contribution is 2.13. The molecule has 2 rings (SSSR count). The maximum absolute atomic E-state index is 12.0. The van der Waals surface area contributed by atoms with Gasteiger partial charge < -0.3 is 9.84 Å². The van der Waals surface area contributed by atoms with Gasteiger partial charge in [0, 0.05) is 5.69 Å². The Labute approximate surface area is 110 Å². The largest absolute Gasteiger partial charge is 0.445 e. The van der Waals surface area contributed by atoms with Gasteiger partial charge in [-0.15, -0.1) is 0 Å². The van der Waals surface area contributed by atoms with E-state index in [1.807, 2.05) is 0 Å². The van der Waals surface area contributed by atoms with E-state index in [1.165, 1.54) is 18.3 Å². The molecule has 0 fully saturated rings. The molecule has 19 heavy (non-hydrogen) atoms. The molecule has 0 saturated heterocycles. The predicted molar refractivity (Wildman–Crippen MR) is 69.5 cm³/mol. The lowest BCUT2D eigenvalue weighted by Gasteiger charge is -2.06. The molecule has 1 heterocycles. The summed E-state index contributed by atoms with van der Waals surface area (Å²) in [5.41, 5.74) is 3.05. The SMILES string of the molecule is Cc1cnc(CNS(=O)(=O)c2ccc(NN)cc2)o1. The molecule has 0 aliphatic rings. The minimum atomic E-state index is -3.59. The zero-order chi connectivity index (χ0) is 13.9. The molecule has 8 heteroatoms. The number of nitrogens with two attached hydrogens (primary N) is 1. The summed E-state index contributed by atoms with van der Waals surface area (Å²) in [4.78, 5) is 4.07. The average molecular weight is 282 g/mol. The molecule has 0 saturated carbocycles. The van der Waals surface area contributed by atoms with Crippen LogP contribution in [0.25, 0.3) is 0 Å². The standard InChI is InChI=1S/C11H14N4O3S/c1-8-6-13-11(18-8)7-14-19(16,17)10-4-2-9(15-12)3-5-10/h2-6,14-15H,7,12H2,1H3. The van der Waals surface area contributed by atoms with E-state index in [0.717, 1.165) is 0 Å². The Morgan fingerprint density at radius 3 is 2.53 bits per heavy atom. The highest BCUT2D eigenvalue weighted by Gasteiger charge is 2.14. The fourth-order valence-electron chi connectivity index (χ4n) is 1.45. The van der Waals surface area contributed by atoms with Gasteiger partial charge in [0.1, 0.15) is 5.76 Å². The number of nitrogen functional groups attached to an aromatic ring is 1. The molecule has 2 aromatic rings. The van der Waals surface area contributed by atoms with Crippen LogP contribution in [0.5, 0.6) is 0 Å². The number of rotatable bonds is 5. The Kier molecular flexibility index (Phi) is 3.84. The number of aromatic nitrogens is 1. The van der Waals surface area contributed by atoms with Gasteiger partial charge in [-0.1, -0.05) is 0 Å². The second-order valence-corrected chi connectivity index (χ2v) is 5.62. The number of oxazole rings is 1. The average Bonchev–Trinajstić information content (AvgIpc) is 2.82. The van der Waals surface area contributed by atoms with Crippen LogP contribution in [-0.4, -0.2) is 13.4 Å². The fraction of sp³-hybridized carbons (Fsp3) is 0.182.